The molecule has 0 saturated heterocycles. The molecule has 64 valence electrons. The molecule has 12 heavy (non-hydrogen) atoms. The first-order valence-electron chi connectivity index (χ1n) is 3.18. The lowest BCUT2D eigenvalue weighted by Crippen LogP contribution is -1.96. The van der Waals surface area contributed by atoms with Crippen molar-refractivity contribution in [3.05, 3.63) is 32.1 Å². The molecule has 0 saturated carbocycles. The van der Waals surface area contributed by atoms with Gasteiger partial charge in [-0.2, -0.15) is 0 Å². The maximum Gasteiger partial charge on any atom is 0.161 e. The number of Topliss-reactive ketones (excluding diaryl/α,β-unsaturated/α-hetero) is 1. The summed E-state index contributed by atoms with van der Waals surface area (Å²) in [5, 5.41) is 0.197. The van der Waals surface area contributed by atoms with Crippen LogP contribution in [-0.2, 0) is 0 Å². The SMILES string of the molecule is CC(=O)c1ccc(F)c(I)c1Cl. The lowest BCUT2D eigenvalue weighted by Gasteiger charge is -2.02. The van der Waals surface area contributed by atoms with Crippen molar-refractivity contribution in [1.29, 1.82) is 0 Å². The molecule has 1 rings (SSSR count). The molecule has 1 nitrogen and oxygen atoms in total. The van der Waals surface area contributed by atoms with Crippen LogP contribution in [0.1, 0.15) is 17.3 Å². The minimum Gasteiger partial charge on any atom is -0.294 e. The van der Waals surface area contributed by atoms with Crippen LogP contribution in [0, 0.1) is 9.39 Å². The van der Waals surface area contributed by atoms with Crippen molar-refractivity contribution >= 4 is 40.0 Å². The summed E-state index contributed by atoms with van der Waals surface area (Å²) in [6.45, 7) is 1.40. The average Bonchev–Trinajstić information content (AvgIpc) is 2.00. The number of hydrogen-bond acceptors (Lipinski definition) is 1. The van der Waals surface area contributed by atoms with Crippen LogP contribution in [0.2, 0.25) is 5.02 Å². The van der Waals surface area contributed by atoms with Gasteiger partial charge < -0.3 is 0 Å². The number of ketones is 1. The molecule has 1 aromatic rings. The molecule has 0 aromatic heterocycles. The Balaban J connectivity index is 3.36. The fraction of sp³-hybridized carbons (Fsp3) is 0.125. The van der Waals surface area contributed by atoms with E-state index in [0.717, 1.165) is 0 Å². The van der Waals surface area contributed by atoms with E-state index in [2.05, 4.69) is 0 Å². The molecule has 1 aromatic carbocycles. The smallest absolute Gasteiger partial charge is 0.161 e. The van der Waals surface area contributed by atoms with E-state index in [-0.39, 0.29) is 10.8 Å². The van der Waals surface area contributed by atoms with E-state index in [9.17, 15) is 9.18 Å². The van der Waals surface area contributed by atoms with E-state index in [1.54, 1.807) is 22.6 Å². The van der Waals surface area contributed by atoms with Gasteiger partial charge in [-0.15, -0.1) is 0 Å². The topological polar surface area (TPSA) is 17.1 Å². The van der Waals surface area contributed by atoms with Gasteiger partial charge in [0.15, 0.2) is 5.78 Å². The quantitative estimate of drug-likeness (QED) is 0.442. The molecule has 0 heterocycles. The third kappa shape index (κ3) is 1.77. The van der Waals surface area contributed by atoms with Crippen molar-refractivity contribution < 1.29 is 9.18 Å². The fourth-order valence-corrected chi connectivity index (χ4v) is 1.55. The van der Waals surface area contributed by atoms with Crippen molar-refractivity contribution in [3.8, 4) is 0 Å². The van der Waals surface area contributed by atoms with Crippen molar-refractivity contribution in [1.82, 2.24) is 0 Å². The largest absolute Gasteiger partial charge is 0.294 e. The second-order valence-electron chi connectivity index (χ2n) is 2.28. The van der Waals surface area contributed by atoms with E-state index in [1.165, 1.54) is 19.1 Å². The van der Waals surface area contributed by atoms with E-state index in [1.807, 2.05) is 0 Å². The Labute approximate surface area is 88.1 Å². The zero-order chi connectivity index (χ0) is 9.30. The lowest BCUT2D eigenvalue weighted by molar-refractivity contribution is 0.101. The number of rotatable bonds is 1. The predicted octanol–water partition coefficient (Wildman–Crippen LogP) is 3.29. The van der Waals surface area contributed by atoms with Crippen LogP contribution in [0.3, 0.4) is 0 Å². The van der Waals surface area contributed by atoms with Gasteiger partial charge in [-0.1, -0.05) is 11.6 Å². The Bertz CT molecular complexity index is 338. The molecular formula is C8H5ClFIO. The second-order valence-corrected chi connectivity index (χ2v) is 3.74. The molecule has 0 bridgehead atoms. The van der Waals surface area contributed by atoms with Gasteiger partial charge in [0.25, 0.3) is 0 Å². The Morgan fingerprint density at radius 2 is 2.17 bits per heavy atom. The summed E-state index contributed by atoms with van der Waals surface area (Å²) < 4.78 is 13.1. The van der Waals surface area contributed by atoms with Gasteiger partial charge in [0.1, 0.15) is 5.82 Å². The summed E-state index contributed by atoms with van der Waals surface area (Å²) in [7, 11) is 0. The summed E-state index contributed by atoms with van der Waals surface area (Å²) in [4.78, 5) is 10.9. The van der Waals surface area contributed by atoms with Gasteiger partial charge in [0.05, 0.1) is 8.59 Å². The molecule has 0 aliphatic carbocycles. The van der Waals surface area contributed by atoms with Crippen LogP contribution in [0.25, 0.3) is 0 Å². The maximum absolute atomic E-state index is 12.8. The third-order valence-electron chi connectivity index (χ3n) is 1.41. The van der Waals surface area contributed by atoms with Gasteiger partial charge in [-0.25, -0.2) is 4.39 Å². The maximum atomic E-state index is 12.8. The minimum atomic E-state index is -0.398. The number of benzene rings is 1. The van der Waals surface area contributed by atoms with Crippen molar-refractivity contribution in [3.63, 3.8) is 0 Å². The Morgan fingerprint density at radius 3 is 2.67 bits per heavy atom. The standard InChI is InChI=1S/C8H5ClFIO/c1-4(12)5-2-3-6(10)8(11)7(5)9/h2-3H,1H3. The fourth-order valence-electron chi connectivity index (χ4n) is 0.798. The Morgan fingerprint density at radius 1 is 1.58 bits per heavy atom. The number of carbonyl (C=O) groups is 1. The molecule has 4 heteroatoms. The highest BCUT2D eigenvalue weighted by atomic mass is 127. The highest BCUT2D eigenvalue weighted by Crippen LogP contribution is 2.25. The Kier molecular flexibility index (Phi) is 3.06. The van der Waals surface area contributed by atoms with E-state index < -0.39 is 5.82 Å². The first-order chi connectivity index (χ1) is 5.54. The average molecular weight is 298 g/mol. The molecule has 0 spiro atoms. The normalized spacial score (nSPS) is 10.0. The van der Waals surface area contributed by atoms with Crippen molar-refractivity contribution in [2.24, 2.45) is 0 Å². The highest BCUT2D eigenvalue weighted by molar-refractivity contribution is 14.1. The van der Waals surface area contributed by atoms with Gasteiger partial charge in [-0.05, 0) is 41.6 Å². The number of carbonyl (C=O) groups excluding carboxylic acids is 1. The molecular weight excluding hydrogens is 293 g/mol. The van der Waals surface area contributed by atoms with E-state index in [0.29, 0.717) is 9.13 Å². The van der Waals surface area contributed by atoms with E-state index >= 15 is 0 Å². The molecule has 0 atom stereocenters. The van der Waals surface area contributed by atoms with Crippen LogP contribution >= 0.6 is 34.2 Å². The van der Waals surface area contributed by atoms with Gasteiger partial charge in [0.2, 0.25) is 0 Å². The molecule has 0 fully saturated rings. The van der Waals surface area contributed by atoms with Gasteiger partial charge in [0, 0.05) is 5.56 Å². The summed E-state index contributed by atoms with van der Waals surface area (Å²) in [6.07, 6.45) is 0. The van der Waals surface area contributed by atoms with Crippen LogP contribution in [0.4, 0.5) is 4.39 Å². The van der Waals surface area contributed by atoms with Crippen LogP contribution < -0.4 is 0 Å². The lowest BCUT2D eigenvalue weighted by atomic mass is 10.1. The first kappa shape index (κ1) is 9.92. The predicted molar refractivity (Wildman–Crippen MR) is 54.1 cm³/mol. The van der Waals surface area contributed by atoms with Crippen LogP contribution in [0.15, 0.2) is 12.1 Å². The summed E-state index contributed by atoms with van der Waals surface area (Å²) in [5.41, 5.74) is 0.363. The van der Waals surface area contributed by atoms with Crippen LogP contribution in [-0.4, -0.2) is 5.78 Å². The molecule has 0 aliphatic rings. The van der Waals surface area contributed by atoms with E-state index in [4.69, 9.17) is 11.6 Å². The molecule has 0 amide bonds. The van der Waals surface area contributed by atoms with Crippen molar-refractivity contribution in [2.45, 2.75) is 6.92 Å². The van der Waals surface area contributed by atoms with Gasteiger partial charge in [-0.3, -0.25) is 4.79 Å². The number of hydrogen-bond donors (Lipinski definition) is 0. The summed E-state index contributed by atoms with van der Waals surface area (Å²) in [5.74, 6) is -0.552. The van der Waals surface area contributed by atoms with Crippen molar-refractivity contribution in [2.75, 3.05) is 0 Å². The zero-order valence-corrected chi connectivity index (χ0v) is 9.11. The zero-order valence-electron chi connectivity index (χ0n) is 6.20. The Hall–Kier alpha value is -0.160. The summed E-state index contributed by atoms with van der Waals surface area (Å²) >= 11 is 7.49. The third-order valence-corrected chi connectivity index (χ3v) is 3.18. The first-order valence-corrected chi connectivity index (χ1v) is 4.64. The highest BCUT2D eigenvalue weighted by Gasteiger charge is 2.11. The van der Waals surface area contributed by atoms with Crippen LogP contribution in [0.5, 0.6) is 0 Å². The minimum absolute atomic E-state index is 0.155. The molecule has 0 unspecified atom stereocenters. The van der Waals surface area contributed by atoms with Gasteiger partial charge >= 0.3 is 0 Å². The molecule has 0 aliphatic heterocycles. The summed E-state index contributed by atoms with van der Waals surface area (Å²) in [6, 6.07) is 2.63. The number of halogens is 3. The second kappa shape index (κ2) is 3.70. The molecule has 0 N–H and O–H groups in total. The molecule has 0 radical (unpaired) electrons. The monoisotopic (exact) mass is 298 g/mol.